The van der Waals surface area contributed by atoms with Crippen LogP contribution in [0.5, 0.6) is 0 Å². The van der Waals surface area contributed by atoms with E-state index in [9.17, 15) is 13.2 Å². The van der Waals surface area contributed by atoms with Crippen molar-refractivity contribution in [3.63, 3.8) is 0 Å². The second-order valence-corrected chi connectivity index (χ2v) is 8.98. The van der Waals surface area contributed by atoms with Gasteiger partial charge >= 0.3 is 5.97 Å². The Morgan fingerprint density at radius 2 is 2.33 bits per heavy atom. The van der Waals surface area contributed by atoms with Gasteiger partial charge in [-0.1, -0.05) is 0 Å². The minimum atomic E-state index is -3.62. The summed E-state index contributed by atoms with van der Waals surface area (Å²) in [6, 6.07) is 1.88. The highest BCUT2D eigenvalue weighted by Crippen LogP contribution is 2.24. The van der Waals surface area contributed by atoms with Crippen LogP contribution in [0.2, 0.25) is 0 Å². The zero-order valence-corrected chi connectivity index (χ0v) is 14.7. The van der Waals surface area contributed by atoms with Crippen LogP contribution in [0.25, 0.3) is 0 Å². The van der Waals surface area contributed by atoms with Crippen LogP contribution in [0, 0.1) is 5.92 Å². The third-order valence-electron chi connectivity index (χ3n) is 3.45. The molecule has 0 spiro atoms. The van der Waals surface area contributed by atoms with Gasteiger partial charge in [-0.25, -0.2) is 0 Å². The lowest BCUT2D eigenvalue weighted by atomic mass is 10.0. The van der Waals surface area contributed by atoms with Gasteiger partial charge in [0.25, 0.3) is 10.2 Å². The Balaban J connectivity index is 2.07. The third-order valence-corrected chi connectivity index (χ3v) is 7.04. The summed E-state index contributed by atoms with van der Waals surface area (Å²) in [4.78, 5) is 12.0. The monoisotopic (exact) mass is 396 g/mol. The molecule has 2 rings (SSSR count). The van der Waals surface area contributed by atoms with Crippen LogP contribution in [-0.4, -0.2) is 48.2 Å². The van der Waals surface area contributed by atoms with Gasteiger partial charge in [0, 0.05) is 41.4 Å². The molecule has 0 aromatic carbocycles. The highest BCUT2D eigenvalue weighted by Gasteiger charge is 2.34. The molecule has 0 bridgehead atoms. The molecule has 1 atom stereocenters. The van der Waals surface area contributed by atoms with Gasteiger partial charge in [0.15, 0.2) is 0 Å². The van der Waals surface area contributed by atoms with E-state index < -0.39 is 22.1 Å². The summed E-state index contributed by atoms with van der Waals surface area (Å²) in [6.07, 6.45) is 1.11. The standard InChI is InChI=1S/C12H17BrN2O4S2/c1-14(7-11-5-10(13)8-20-11)21(18,19)15-4-2-3-9(6-15)12(16)17/h5,8-9H,2-4,6-7H2,1H3,(H,16,17). The van der Waals surface area contributed by atoms with E-state index in [1.165, 1.54) is 27.0 Å². The molecule has 0 radical (unpaired) electrons. The fraction of sp³-hybridized carbons (Fsp3) is 0.583. The van der Waals surface area contributed by atoms with Crippen molar-refractivity contribution in [1.29, 1.82) is 0 Å². The first-order valence-corrected chi connectivity index (χ1v) is 9.55. The van der Waals surface area contributed by atoms with E-state index in [2.05, 4.69) is 15.9 Å². The van der Waals surface area contributed by atoms with E-state index in [1.807, 2.05) is 11.4 Å². The number of hydrogen-bond acceptors (Lipinski definition) is 4. The number of nitrogens with zero attached hydrogens (tertiary/aromatic N) is 2. The number of piperidine rings is 1. The van der Waals surface area contributed by atoms with Crippen molar-refractivity contribution in [1.82, 2.24) is 8.61 Å². The first kappa shape index (κ1) is 16.9. The number of thiophene rings is 1. The molecule has 1 aliphatic rings. The minimum Gasteiger partial charge on any atom is -0.481 e. The molecule has 1 saturated heterocycles. The van der Waals surface area contributed by atoms with Gasteiger partial charge in [-0.3, -0.25) is 4.79 Å². The lowest BCUT2D eigenvalue weighted by Crippen LogP contribution is -2.47. The molecule has 6 nitrogen and oxygen atoms in total. The normalized spacial score (nSPS) is 20.8. The van der Waals surface area contributed by atoms with Gasteiger partial charge in [-0.2, -0.15) is 17.0 Å². The smallest absolute Gasteiger partial charge is 0.307 e. The van der Waals surface area contributed by atoms with E-state index in [1.54, 1.807) is 0 Å². The van der Waals surface area contributed by atoms with E-state index in [0.29, 0.717) is 19.4 Å². The molecular weight excluding hydrogens is 380 g/mol. The molecule has 1 aliphatic heterocycles. The first-order valence-electron chi connectivity index (χ1n) is 6.48. The maximum atomic E-state index is 12.5. The zero-order valence-electron chi connectivity index (χ0n) is 11.5. The number of hydrogen-bond donors (Lipinski definition) is 1. The lowest BCUT2D eigenvalue weighted by Gasteiger charge is -2.32. The Morgan fingerprint density at radius 1 is 1.62 bits per heavy atom. The van der Waals surface area contributed by atoms with Crippen molar-refractivity contribution in [2.75, 3.05) is 20.1 Å². The maximum absolute atomic E-state index is 12.5. The number of halogens is 1. The molecule has 9 heteroatoms. The highest BCUT2D eigenvalue weighted by molar-refractivity contribution is 9.10. The molecule has 0 saturated carbocycles. The fourth-order valence-electron chi connectivity index (χ4n) is 2.29. The molecular formula is C12H17BrN2O4S2. The fourth-order valence-corrected chi connectivity index (χ4v) is 5.30. The van der Waals surface area contributed by atoms with Crippen molar-refractivity contribution in [2.24, 2.45) is 5.92 Å². The van der Waals surface area contributed by atoms with Crippen LogP contribution in [-0.2, 0) is 21.5 Å². The number of rotatable bonds is 5. The predicted octanol–water partition coefficient (Wildman–Crippen LogP) is 1.98. The lowest BCUT2D eigenvalue weighted by molar-refractivity contribution is -0.142. The van der Waals surface area contributed by atoms with Crippen molar-refractivity contribution < 1.29 is 18.3 Å². The summed E-state index contributed by atoms with van der Waals surface area (Å²) in [5.41, 5.74) is 0. The molecule has 1 unspecified atom stereocenters. The Hall–Kier alpha value is -0.480. The van der Waals surface area contributed by atoms with Crippen LogP contribution in [0.1, 0.15) is 17.7 Å². The summed E-state index contributed by atoms with van der Waals surface area (Å²) >= 11 is 4.82. The van der Waals surface area contributed by atoms with Gasteiger partial charge < -0.3 is 5.11 Å². The average Bonchev–Trinajstić information content (AvgIpc) is 2.84. The number of carboxylic acid groups (broad SMARTS) is 1. The van der Waals surface area contributed by atoms with Crippen molar-refractivity contribution >= 4 is 43.4 Å². The molecule has 2 heterocycles. The average molecular weight is 397 g/mol. The van der Waals surface area contributed by atoms with Crippen molar-refractivity contribution in [2.45, 2.75) is 19.4 Å². The number of aliphatic carboxylic acids is 1. The maximum Gasteiger partial charge on any atom is 0.307 e. The van der Waals surface area contributed by atoms with Crippen LogP contribution >= 0.6 is 27.3 Å². The summed E-state index contributed by atoms with van der Waals surface area (Å²) in [6.45, 7) is 0.716. The quantitative estimate of drug-likeness (QED) is 0.824. The first-order chi connectivity index (χ1) is 9.80. The molecule has 1 fully saturated rings. The summed E-state index contributed by atoms with van der Waals surface area (Å²) in [5, 5.41) is 11.0. The SMILES string of the molecule is CN(Cc1cc(Br)cs1)S(=O)(=O)N1CCCC(C(=O)O)C1. The van der Waals surface area contributed by atoms with Gasteiger partial charge in [0.2, 0.25) is 0 Å². The Morgan fingerprint density at radius 3 is 2.90 bits per heavy atom. The van der Waals surface area contributed by atoms with E-state index in [0.717, 1.165) is 9.35 Å². The van der Waals surface area contributed by atoms with E-state index >= 15 is 0 Å². The van der Waals surface area contributed by atoms with E-state index in [-0.39, 0.29) is 13.1 Å². The van der Waals surface area contributed by atoms with Gasteiger partial charge in [0.05, 0.1) is 5.92 Å². The molecule has 0 aliphatic carbocycles. The van der Waals surface area contributed by atoms with Gasteiger partial charge in [-0.05, 0) is 34.8 Å². The molecule has 21 heavy (non-hydrogen) atoms. The molecule has 1 aromatic rings. The van der Waals surface area contributed by atoms with Crippen molar-refractivity contribution in [3.05, 3.63) is 20.8 Å². The van der Waals surface area contributed by atoms with Crippen LogP contribution in [0.4, 0.5) is 0 Å². The van der Waals surface area contributed by atoms with Crippen LogP contribution < -0.4 is 0 Å². The highest BCUT2D eigenvalue weighted by atomic mass is 79.9. The second kappa shape index (κ2) is 6.74. The van der Waals surface area contributed by atoms with Crippen LogP contribution in [0.15, 0.2) is 15.9 Å². The predicted molar refractivity (Wildman–Crippen MR) is 84.3 cm³/mol. The molecule has 1 aromatic heterocycles. The molecule has 118 valence electrons. The number of carboxylic acids is 1. The molecule has 0 amide bonds. The topological polar surface area (TPSA) is 77.9 Å². The summed E-state index contributed by atoms with van der Waals surface area (Å²) in [5.74, 6) is -1.54. The van der Waals surface area contributed by atoms with Crippen molar-refractivity contribution in [3.8, 4) is 0 Å². The Kier molecular flexibility index (Phi) is 5.42. The third kappa shape index (κ3) is 4.04. The Labute approximate surface area is 136 Å². The molecule has 1 N–H and O–H groups in total. The van der Waals surface area contributed by atoms with Gasteiger partial charge in [-0.15, -0.1) is 11.3 Å². The van der Waals surface area contributed by atoms with Gasteiger partial charge in [0.1, 0.15) is 0 Å². The van der Waals surface area contributed by atoms with Crippen LogP contribution in [0.3, 0.4) is 0 Å². The Bertz CT molecular complexity index is 617. The zero-order chi connectivity index (χ0) is 15.6. The summed E-state index contributed by atoms with van der Waals surface area (Å²) < 4.78 is 28.5. The minimum absolute atomic E-state index is 0.0517. The van der Waals surface area contributed by atoms with E-state index in [4.69, 9.17) is 5.11 Å². The second-order valence-electron chi connectivity index (χ2n) is 5.03. The number of carbonyl (C=O) groups is 1. The summed E-state index contributed by atoms with van der Waals surface area (Å²) in [7, 11) is -2.10. The largest absolute Gasteiger partial charge is 0.481 e.